The molecule has 5 heteroatoms. The van der Waals surface area contributed by atoms with E-state index < -0.39 is 0 Å². The lowest BCUT2D eigenvalue weighted by Crippen LogP contribution is -2.38. The fraction of sp³-hybridized carbons (Fsp3) is 0.455. The van der Waals surface area contributed by atoms with Crippen LogP contribution < -0.4 is 5.32 Å². The maximum absolute atomic E-state index is 13.0. The second kappa shape index (κ2) is 8.26. The number of hydrogen-bond acceptors (Lipinski definition) is 3. The largest absolute Gasteiger partial charge is 0.352 e. The van der Waals surface area contributed by atoms with Gasteiger partial charge in [0.2, 0.25) is 5.91 Å². The molecular weight excluding hydrogens is 356 g/mol. The Kier molecular flexibility index (Phi) is 5.58. The molecule has 1 heterocycles. The molecule has 2 amide bonds. The first kappa shape index (κ1) is 18.2. The van der Waals surface area contributed by atoms with Gasteiger partial charge >= 0.3 is 0 Å². The molecule has 1 unspecified atom stereocenters. The first-order chi connectivity index (χ1) is 13.2. The van der Waals surface area contributed by atoms with E-state index in [1.165, 1.54) is 22.5 Å². The standard InChI is InChI=1S/C22H26N2O2S/c25-21(9-4-13-23-22(26)17-12-14-27-15-17)24(18-10-11-18)20-8-3-6-16-5-1-2-7-19(16)20/h1-2,5,7,12,14-15,18,20H,3-4,6,8-11,13H2,(H,23,26). The SMILES string of the molecule is O=C(NCCCC(=O)N(C1CC1)C1CCCc2ccccc21)c1ccsc1. The predicted octanol–water partition coefficient (Wildman–Crippen LogP) is 4.33. The van der Waals surface area contributed by atoms with Crippen LogP contribution >= 0.6 is 11.3 Å². The zero-order valence-electron chi connectivity index (χ0n) is 15.5. The Labute approximate surface area is 164 Å². The van der Waals surface area contributed by atoms with E-state index in [9.17, 15) is 9.59 Å². The van der Waals surface area contributed by atoms with E-state index in [4.69, 9.17) is 0 Å². The fourth-order valence-corrected chi connectivity index (χ4v) is 4.70. The van der Waals surface area contributed by atoms with Gasteiger partial charge < -0.3 is 10.2 Å². The van der Waals surface area contributed by atoms with Crippen LogP contribution in [0.1, 0.15) is 66.1 Å². The maximum atomic E-state index is 13.0. The molecule has 4 rings (SSSR count). The van der Waals surface area contributed by atoms with E-state index >= 15 is 0 Å². The zero-order valence-corrected chi connectivity index (χ0v) is 16.3. The summed E-state index contributed by atoms with van der Waals surface area (Å²) in [5, 5.41) is 6.66. The molecule has 0 aliphatic heterocycles. The second-order valence-corrected chi connectivity index (χ2v) is 8.29. The lowest BCUT2D eigenvalue weighted by molar-refractivity contribution is -0.134. The van der Waals surface area contributed by atoms with Gasteiger partial charge in [-0.25, -0.2) is 0 Å². The van der Waals surface area contributed by atoms with Crippen molar-refractivity contribution in [2.75, 3.05) is 6.54 Å². The third-order valence-corrected chi connectivity index (χ3v) is 6.22. The van der Waals surface area contributed by atoms with Crippen LogP contribution in [-0.4, -0.2) is 29.3 Å². The summed E-state index contributed by atoms with van der Waals surface area (Å²) in [6.07, 6.45) is 6.76. The topological polar surface area (TPSA) is 49.4 Å². The minimum atomic E-state index is -0.0519. The number of fused-ring (bicyclic) bond motifs is 1. The van der Waals surface area contributed by atoms with Gasteiger partial charge in [0.1, 0.15) is 0 Å². The monoisotopic (exact) mass is 382 g/mol. The number of amides is 2. The van der Waals surface area contributed by atoms with E-state index in [-0.39, 0.29) is 17.9 Å². The first-order valence-corrected chi connectivity index (χ1v) is 10.9. The quantitative estimate of drug-likeness (QED) is 0.725. The number of rotatable bonds is 7. The summed E-state index contributed by atoms with van der Waals surface area (Å²) < 4.78 is 0. The highest BCUT2D eigenvalue weighted by molar-refractivity contribution is 7.08. The highest BCUT2D eigenvalue weighted by atomic mass is 32.1. The molecule has 2 aliphatic rings. The van der Waals surface area contributed by atoms with E-state index in [0.717, 1.165) is 32.1 Å². The van der Waals surface area contributed by atoms with Crippen molar-refractivity contribution < 1.29 is 9.59 Å². The molecule has 1 atom stereocenters. The number of aryl methyl sites for hydroxylation is 1. The Bertz CT molecular complexity index is 798. The summed E-state index contributed by atoms with van der Waals surface area (Å²) in [5.74, 6) is 0.188. The van der Waals surface area contributed by atoms with Gasteiger partial charge in [-0.05, 0) is 61.1 Å². The number of nitrogens with zero attached hydrogens (tertiary/aromatic N) is 1. The molecule has 1 saturated carbocycles. The van der Waals surface area contributed by atoms with Gasteiger partial charge in [0, 0.05) is 30.0 Å². The van der Waals surface area contributed by atoms with Crippen molar-refractivity contribution in [2.45, 2.75) is 57.0 Å². The van der Waals surface area contributed by atoms with Crippen LogP contribution in [0.3, 0.4) is 0 Å². The van der Waals surface area contributed by atoms with Crippen molar-refractivity contribution in [1.29, 1.82) is 0 Å². The number of carbonyl (C=O) groups excluding carboxylic acids is 2. The van der Waals surface area contributed by atoms with Crippen LogP contribution in [-0.2, 0) is 11.2 Å². The van der Waals surface area contributed by atoms with Gasteiger partial charge in [0.15, 0.2) is 0 Å². The van der Waals surface area contributed by atoms with Crippen LogP contribution in [0.2, 0.25) is 0 Å². The normalized spacial score (nSPS) is 18.6. The minimum Gasteiger partial charge on any atom is -0.352 e. The number of nitrogens with one attached hydrogen (secondary N) is 1. The Hall–Kier alpha value is -2.14. The highest BCUT2D eigenvalue weighted by Gasteiger charge is 2.38. The Balaban J connectivity index is 1.34. The molecule has 0 bridgehead atoms. The van der Waals surface area contributed by atoms with Gasteiger partial charge in [0.25, 0.3) is 5.91 Å². The summed E-state index contributed by atoms with van der Waals surface area (Å²) in [6, 6.07) is 11.1. The lowest BCUT2D eigenvalue weighted by Gasteiger charge is -2.36. The smallest absolute Gasteiger partial charge is 0.252 e. The van der Waals surface area contributed by atoms with Gasteiger partial charge in [-0.1, -0.05) is 24.3 Å². The molecule has 1 aromatic carbocycles. The molecule has 2 aliphatic carbocycles. The Morgan fingerprint density at radius 3 is 2.78 bits per heavy atom. The molecule has 0 saturated heterocycles. The van der Waals surface area contributed by atoms with E-state index in [0.29, 0.717) is 31.0 Å². The van der Waals surface area contributed by atoms with E-state index in [1.807, 2.05) is 16.8 Å². The van der Waals surface area contributed by atoms with Crippen LogP contribution in [0.25, 0.3) is 0 Å². The average molecular weight is 383 g/mol. The number of carbonyl (C=O) groups is 2. The van der Waals surface area contributed by atoms with Crippen molar-refractivity contribution in [3.05, 3.63) is 57.8 Å². The number of thiophene rings is 1. The molecule has 0 spiro atoms. The molecule has 0 radical (unpaired) electrons. The third kappa shape index (κ3) is 4.24. The molecule has 1 N–H and O–H groups in total. The first-order valence-electron chi connectivity index (χ1n) is 9.93. The molecule has 1 fully saturated rings. The summed E-state index contributed by atoms with van der Waals surface area (Å²) in [6.45, 7) is 0.542. The van der Waals surface area contributed by atoms with Crippen molar-refractivity contribution >= 4 is 23.2 Å². The number of benzene rings is 1. The summed E-state index contributed by atoms with van der Waals surface area (Å²) in [4.78, 5) is 27.2. The Morgan fingerprint density at radius 2 is 2.00 bits per heavy atom. The third-order valence-electron chi connectivity index (χ3n) is 5.54. The second-order valence-electron chi connectivity index (χ2n) is 7.51. The van der Waals surface area contributed by atoms with Crippen LogP contribution in [0.15, 0.2) is 41.1 Å². The fourth-order valence-electron chi connectivity index (χ4n) is 4.07. The zero-order chi connectivity index (χ0) is 18.6. The van der Waals surface area contributed by atoms with E-state index in [1.54, 1.807) is 0 Å². The van der Waals surface area contributed by atoms with Crippen molar-refractivity contribution in [1.82, 2.24) is 10.2 Å². The van der Waals surface area contributed by atoms with Crippen LogP contribution in [0, 0.1) is 0 Å². The van der Waals surface area contributed by atoms with Gasteiger partial charge in [-0.3, -0.25) is 9.59 Å². The summed E-state index contributed by atoms with van der Waals surface area (Å²) >= 11 is 1.51. The summed E-state index contributed by atoms with van der Waals surface area (Å²) in [5.41, 5.74) is 3.44. The molecular formula is C22H26N2O2S. The van der Waals surface area contributed by atoms with Gasteiger partial charge in [0.05, 0.1) is 6.04 Å². The minimum absolute atomic E-state index is 0.0519. The number of hydrogen-bond donors (Lipinski definition) is 1. The Morgan fingerprint density at radius 1 is 1.15 bits per heavy atom. The molecule has 27 heavy (non-hydrogen) atoms. The molecule has 4 nitrogen and oxygen atoms in total. The molecule has 2 aromatic rings. The van der Waals surface area contributed by atoms with Crippen molar-refractivity contribution in [3.63, 3.8) is 0 Å². The van der Waals surface area contributed by atoms with Crippen molar-refractivity contribution in [2.24, 2.45) is 0 Å². The van der Waals surface area contributed by atoms with Crippen molar-refractivity contribution in [3.8, 4) is 0 Å². The van der Waals surface area contributed by atoms with Gasteiger partial charge in [-0.2, -0.15) is 11.3 Å². The molecule has 1 aromatic heterocycles. The maximum Gasteiger partial charge on any atom is 0.252 e. The molecule has 142 valence electrons. The van der Waals surface area contributed by atoms with Gasteiger partial charge in [-0.15, -0.1) is 0 Å². The predicted molar refractivity (Wildman–Crippen MR) is 108 cm³/mol. The lowest BCUT2D eigenvalue weighted by atomic mass is 9.86. The average Bonchev–Trinajstić information content (AvgIpc) is 3.36. The van der Waals surface area contributed by atoms with Crippen LogP contribution in [0.4, 0.5) is 0 Å². The highest BCUT2D eigenvalue weighted by Crippen LogP contribution is 2.41. The van der Waals surface area contributed by atoms with Crippen LogP contribution in [0.5, 0.6) is 0 Å². The summed E-state index contributed by atoms with van der Waals surface area (Å²) in [7, 11) is 0. The van der Waals surface area contributed by atoms with E-state index in [2.05, 4.69) is 34.5 Å².